The van der Waals surface area contributed by atoms with Crippen molar-refractivity contribution in [2.75, 3.05) is 0 Å². The van der Waals surface area contributed by atoms with Gasteiger partial charge in [0.2, 0.25) is 0 Å². The maximum atomic E-state index is 12.1. The summed E-state index contributed by atoms with van der Waals surface area (Å²) in [5, 5.41) is 1.97. The smallest absolute Gasteiger partial charge is 0.387 e. The first kappa shape index (κ1) is 17.4. The van der Waals surface area contributed by atoms with Crippen LogP contribution in [0.2, 0.25) is 0 Å². The maximum absolute atomic E-state index is 12.1. The van der Waals surface area contributed by atoms with Crippen LogP contribution in [0.1, 0.15) is 33.3 Å². The van der Waals surface area contributed by atoms with Crippen molar-refractivity contribution in [3.05, 3.63) is 42.0 Å². The summed E-state index contributed by atoms with van der Waals surface area (Å²) in [7, 11) is 0. The molecular weight excluding hydrogens is 246 g/mol. The summed E-state index contributed by atoms with van der Waals surface area (Å²) in [4.78, 5) is 0. The van der Waals surface area contributed by atoms with Crippen molar-refractivity contribution in [2.45, 2.75) is 41.2 Å². The van der Waals surface area contributed by atoms with Crippen LogP contribution < -0.4 is 4.74 Å². The summed E-state index contributed by atoms with van der Waals surface area (Å²) < 4.78 is 28.6. The second-order valence-electron chi connectivity index (χ2n) is 3.29. The molecule has 0 amide bonds. The molecule has 0 saturated carbocycles. The Hall–Kier alpha value is -1.64. The predicted molar refractivity (Wildman–Crippen MR) is 78.0 cm³/mol. The second-order valence-corrected chi connectivity index (χ2v) is 3.29. The van der Waals surface area contributed by atoms with Gasteiger partial charge in [0.15, 0.2) is 0 Å². The molecule has 3 heteroatoms. The average molecular weight is 268 g/mol. The van der Waals surface area contributed by atoms with Crippen molar-refractivity contribution in [3.8, 4) is 5.75 Å². The Balaban J connectivity index is 0.000000741. The van der Waals surface area contributed by atoms with E-state index in [1.807, 2.05) is 52.0 Å². The summed E-state index contributed by atoms with van der Waals surface area (Å²) >= 11 is 0. The molecule has 0 aliphatic carbocycles. The number of benzene rings is 2. The third-order valence-electron chi connectivity index (χ3n) is 2.36. The van der Waals surface area contributed by atoms with Crippen LogP contribution in [0.25, 0.3) is 10.8 Å². The monoisotopic (exact) mass is 268 g/mol. The molecule has 0 aromatic heterocycles. The van der Waals surface area contributed by atoms with Crippen molar-refractivity contribution >= 4 is 10.8 Å². The topological polar surface area (TPSA) is 9.23 Å². The highest BCUT2D eigenvalue weighted by Crippen LogP contribution is 2.27. The Morgan fingerprint density at radius 2 is 1.47 bits per heavy atom. The lowest BCUT2D eigenvalue weighted by Gasteiger charge is -2.09. The van der Waals surface area contributed by atoms with E-state index >= 15 is 0 Å². The number of hydrogen-bond donors (Lipinski definition) is 0. The van der Waals surface area contributed by atoms with Gasteiger partial charge in [-0.05, 0) is 29.3 Å². The number of alkyl halides is 2. The SMILES string of the molecule is CC.CC.Cc1c(OC(F)F)ccc2ccccc12. The normalized spacial score (nSPS) is 9.26. The van der Waals surface area contributed by atoms with Gasteiger partial charge in [0.05, 0.1) is 0 Å². The van der Waals surface area contributed by atoms with E-state index in [-0.39, 0.29) is 5.75 Å². The van der Waals surface area contributed by atoms with Crippen LogP contribution in [-0.4, -0.2) is 6.61 Å². The Morgan fingerprint density at radius 3 is 2.05 bits per heavy atom. The molecule has 0 heterocycles. The minimum absolute atomic E-state index is 0.240. The molecule has 0 N–H and O–H groups in total. The van der Waals surface area contributed by atoms with E-state index in [2.05, 4.69) is 4.74 Å². The molecule has 0 aliphatic rings. The molecular formula is C16H22F2O. The van der Waals surface area contributed by atoms with Gasteiger partial charge < -0.3 is 4.74 Å². The highest BCUT2D eigenvalue weighted by Gasteiger charge is 2.08. The van der Waals surface area contributed by atoms with Gasteiger partial charge in [0.1, 0.15) is 5.75 Å². The van der Waals surface area contributed by atoms with Crippen molar-refractivity contribution < 1.29 is 13.5 Å². The molecule has 0 fully saturated rings. The van der Waals surface area contributed by atoms with Crippen LogP contribution in [-0.2, 0) is 0 Å². The van der Waals surface area contributed by atoms with Crippen molar-refractivity contribution in [1.82, 2.24) is 0 Å². The lowest BCUT2D eigenvalue weighted by Crippen LogP contribution is -2.03. The molecule has 106 valence electrons. The van der Waals surface area contributed by atoms with Gasteiger partial charge in [-0.15, -0.1) is 0 Å². The fourth-order valence-corrected chi connectivity index (χ4v) is 1.63. The molecule has 0 spiro atoms. The zero-order valence-corrected chi connectivity index (χ0v) is 12.2. The van der Waals surface area contributed by atoms with Crippen LogP contribution >= 0.6 is 0 Å². The highest BCUT2D eigenvalue weighted by atomic mass is 19.3. The minimum Gasteiger partial charge on any atom is -0.435 e. The molecule has 2 rings (SSSR count). The largest absolute Gasteiger partial charge is 0.435 e. The van der Waals surface area contributed by atoms with Crippen molar-refractivity contribution in [1.29, 1.82) is 0 Å². The van der Waals surface area contributed by atoms with Crippen LogP contribution in [0.4, 0.5) is 8.78 Å². The van der Waals surface area contributed by atoms with E-state index in [0.717, 1.165) is 16.3 Å². The van der Waals surface area contributed by atoms with E-state index < -0.39 is 6.61 Å². The maximum Gasteiger partial charge on any atom is 0.387 e. The molecule has 0 aliphatic heterocycles. The summed E-state index contributed by atoms with van der Waals surface area (Å²) in [6.45, 7) is 7.00. The van der Waals surface area contributed by atoms with Gasteiger partial charge in [-0.25, -0.2) is 0 Å². The average Bonchev–Trinajstić information content (AvgIpc) is 2.46. The fourth-order valence-electron chi connectivity index (χ4n) is 1.63. The molecule has 1 nitrogen and oxygen atoms in total. The van der Waals surface area contributed by atoms with Gasteiger partial charge in [-0.1, -0.05) is 58.0 Å². The first-order valence-electron chi connectivity index (χ1n) is 6.61. The molecule has 2 aromatic carbocycles. The van der Waals surface area contributed by atoms with Crippen molar-refractivity contribution in [2.24, 2.45) is 0 Å². The van der Waals surface area contributed by atoms with Gasteiger partial charge in [0.25, 0.3) is 0 Å². The minimum atomic E-state index is -2.77. The Morgan fingerprint density at radius 1 is 0.895 bits per heavy atom. The van der Waals surface area contributed by atoms with Crippen LogP contribution in [0, 0.1) is 6.92 Å². The number of halogens is 2. The van der Waals surface area contributed by atoms with Gasteiger partial charge in [-0.2, -0.15) is 8.78 Å². The summed E-state index contributed by atoms with van der Waals surface area (Å²) in [6.07, 6.45) is 0. The summed E-state index contributed by atoms with van der Waals surface area (Å²) in [5.74, 6) is 0.240. The number of ether oxygens (including phenoxy) is 1. The molecule has 0 radical (unpaired) electrons. The predicted octanol–water partition coefficient (Wildman–Crippen LogP) is 5.80. The molecule has 0 unspecified atom stereocenters. The highest BCUT2D eigenvalue weighted by molar-refractivity contribution is 5.87. The van der Waals surface area contributed by atoms with Gasteiger partial charge in [-0.3, -0.25) is 0 Å². The Bertz CT molecular complexity index is 481. The zero-order chi connectivity index (χ0) is 14.8. The van der Waals surface area contributed by atoms with Crippen molar-refractivity contribution in [3.63, 3.8) is 0 Å². The van der Waals surface area contributed by atoms with E-state index in [1.54, 1.807) is 19.1 Å². The summed E-state index contributed by atoms with van der Waals surface area (Å²) in [5.41, 5.74) is 0.744. The van der Waals surface area contributed by atoms with Crippen LogP contribution in [0.5, 0.6) is 5.75 Å². The van der Waals surface area contributed by atoms with E-state index in [1.165, 1.54) is 0 Å². The number of hydrogen-bond acceptors (Lipinski definition) is 1. The van der Waals surface area contributed by atoms with E-state index in [4.69, 9.17) is 0 Å². The first-order valence-corrected chi connectivity index (χ1v) is 6.61. The Kier molecular flexibility index (Phi) is 8.51. The molecule has 0 bridgehead atoms. The lowest BCUT2D eigenvalue weighted by atomic mass is 10.1. The molecule has 0 saturated heterocycles. The molecule has 2 aromatic rings. The quantitative estimate of drug-likeness (QED) is 0.668. The Labute approximate surface area is 114 Å². The fraction of sp³-hybridized carbons (Fsp3) is 0.375. The first-order chi connectivity index (χ1) is 9.18. The third kappa shape index (κ3) is 4.86. The van der Waals surface area contributed by atoms with Gasteiger partial charge in [0, 0.05) is 0 Å². The molecule has 0 atom stereocenters. The van der Waals surface area contributed by atoms with Gasteiger partial charge >= 0.3 is 6.61 Å². The van der Waals surface area contributed by atoms with E-state index in [9.17, 15) is 8.78 Å². The number of rotatable bonds is 2. The zero-order valence-electron chi connectivity index (χ0n) is 12.2. The van der Waals surface area contributed by atoms with E-state index in [0.29, 0.717) is 0 Å². The van der Waals surface area contributed by atoms with Crippen LogP contribution in [0.3, 0.4) is 0 Å². The summed E-state index contributed by atoms with van der Waals surface area (Å²) in [6, 6.07) is 11.0. The number of fused-ring (bicyclic) bond motifs is 1. The third-order valence-corrected chi connectivity index (χ3v) is 2.36. The lowest BCUT2D eigenvalue weighted by molar-refractivity contribution is -0.0501. The molecule has 19 heavy (non-hydrogen) atoms. The standard InChI is InChI=1S/C12H10F2O.2C2H6/c1-8-10-5-3-2-4-9(10)6-7-11(8)15-12(13)14;2*1-2/h2-7,12H,1H3;2*1-2H3. The van der Waals surface area contributed by atoms with Crippen LogP contribution in [0.15, 0.2) is 36.4 Å². The second kappa shape index (κ2) is 9.31. The number of aryl methyl sites for hydroxylation is 1.